The molecular formula is C14H17F3N2O. The van der Waals surface area contributed by atoms with Crippen molar-refractivity contribution >= 4 is 11.6 Å². The van der Waals surface area contributed by atoms with Crippen LogP contribution in [0.5, 0.6) is 0 Å². The number of alkyl halides is 3. The maximum Gasteiger partial charge on any atom is 0.393 e. The van der Waals surface area contributed by atoms with Crippen molar-refractivity contribution in [1.29, 1.82) is 0 Å². The molecule has 1 fully saturated rings. The van der Waals surface area contributed by atoms with Gasteiger partial charge in [-0.3, -0.25) is 4.79 Å². The molecule has 1 heterocycles. The minimum absolute atomic E-state index is 0.0114. The van der Waals surface area contributed by atoms with Crippen LogP contribution in [-0.4, -0.2) is 24.7 Å². The van der Waals surface area contributed by atoms with Gasteiger partial charge in [-0.25, -0.2) is 0 Å². The number of benzene rings is 1. The molecule has 0 aliphatic carbocycles. The first-order chi connectivity index (χ1) is 9.36. The molecule has 1 aromatic carbocycles. The van der Waals surface area contributed by atoms with Gasteiger partial charge in [-0.1, -0.05) is 17.7 Å². The minimum atomic E-state index is -4.19. The number of halogens is 3. The lowest BCUT2D eigenvalue weighted by atomic mass is 9.94. The second-order valence-electron chi connectivity index (χ2n) is 5.13. The second kappa shape index (κ2) is 5.83. The van der Waals surface area contributed by atoms with E-state index in [-0.39, 0.29) is 25.3 Å². The number of anilines is 1. The zero-order valence-corrected chi connectivity index (χ0v) is 11.1. The summed E-state index contributed by atoms with van der Waals surface area (Å²) in [6.07, 6.45) is -4.00. The fourth-order valence-corrected chi connectivity index (χ4v) is 2.23. The van der Waals surface area contributed by atoms with Crippen LogP contribution < -0.4 is 10.6 Å². The van der Waals surface area contributed by atoms with Gasteiger partial charge < -0.3 is 10.6 Å². The van der Waals surface area contributed by atoms with Gasteiger partial charge in [0.05, 0.1) is 12.0 Å². The molecule has 6 heteroatoms. The van der Waals surface area contributed by atoms with E-state index in [1.54, 1.807) is 12.1 Å². The smallest absolute Gasteiger partial charge is 0.325 e. The summed E-state index contributed by atoms with van der Waals surface area (Å²) in [6, 6.07) is 6.71. The lowest BCUT2D eigenvalue weighted by molar-refractivity contribution is -0.180. The average Bonchev–Trinajstić information content (AvgIpc) is 2.40. The molecule has 1 amide bonds. The summed E-state index contributed by atoms with van der Waals surface area (Å²) in [6.45, 7) is 1.74. The van der Waals surface area contributed by atoms with E-state index in [1.807, 2.05) is 19.1 Å². The molecule has 0 spiro atoms. The van der Waals surface area contributed by atoms with E-state index in [9.17, 15) is 18.0 Å². The molecule has 3 nitrogen and oxygen atoms in total. The first-order valence-electron chi connectivity index (χ1n) is 6.54. The summed E-state index contributed by atoms with van der Waals surface area (Å²) in [4.78, 5) is 12.0. The number of nitrogens with one attached hydrogen (secondary N) is 2. The van der Waals surface area contributed by atoms with Crippen LogP contribution in [0, 0.1) is 12.8 Å². The van der Waals surface area contributed by atoms with Gasteiger partial charge in [0.15, 0.2) is 0 Å². The van der Waals surface area contributed by atoms with Gasteiger partial charge in [-0.2, -0.15) is 13.2 Å². The van der Waals surface area contributed by atoms with E-state index < -0.39 is 18.1 Å². The molecule has 1 aliphatic rings. The van der Waals surface area contributed by atoms with Crippen molar-refractivity contribution in [1.82, 2.24) is 5.32 Å². The molecule has 1 aromatic rings. The van der Waals surface area contributed by atoms with E-state index in [1.165, 1.54) is 0 Å². The topological polar surface area (TPSA) is 41.1 Å². The lowest BCUT2D eigenvalue weighted by Crippen LogP contribution is -2.49. The maximum atomic E-state index is 12.5. The Hall–Kier alpha value is -1.56. The van der Waals surface area contributed by atoms with Gasteiger partial charge >= 0.3 is 6.18 Å². The van der Waals surface area contributed by atoms with Crippen LogP contribution in [0.3, 0.4) is 0 Å². The summed E-state index contributed by atoms with van der Waals surface area (Å²) < 4.78 is 37.5. The Morgan fingerprint density at radius 1 is 1.25 bits per heavy atom. The van der Waals surface area contributed by atoms with Gasteiger partial charge in [0.2, 0.25) is 5.91 Å². The SMILES string of the molecule is Cc1ccc(NC(=O)C2CCC(C(F)(F)F)CN2)cc1. The highest BCUT2D eigenvalue weighted by atomic mass is 19.4. The zero-order valence-electron chi connectivity index (χ0n) is 11.1. The Morgan fingerprint density at radius 3 is 2.40 bits per heavy atom. The molecule has 0 bridgehead atoms. The molecule has 2 rings (SSSR count). The monoisotopic (exact) mass is 286 g/mol. The van der Waals surface area contributed by atoms with Crippen LogP contribution in [0.25, 0.3) is 0 Å². The summed E-state index contributed by atoms with van der Waals surface area (Å²) in [5.41, 5.74) is 1.73. The number of hydrogen-bond donors (Lipinski definition) is 2. The van der Waals surface area contributed by atoms with Gasteiger partial charge in [-0.15, -0.1) is 0 Å². The number of rotatable bonds is 2. The lowest BCUT2D eigenvalue weighted by Gasteiger charge is -2.30. The van der Waals surface area contributed by atoms with Gasteiger partial charge in [0, 0.05) is 12.2 Å². The maximum absolute atomic E-state index is 12.5. The molecule has 0 radical (unpaired) electrons. The molecule has 20 heavy (non-hydrogen) atoms. The molecule has 2 unspecified atom stereocenters. The molecule has 1 saturated heterocycles. The summed E-state index contributed by atoms with van der Waals surface area (Å²) in [7, 11) is 0. The van der Waals surface area contributed by atoms with Crippen LogP contribution >= 0.6 is 0 Å². The molecule has 110 valence electrons. The summed E-state index contributed by atoms with van der Waals surface area (Å²) in [5, 5.41) is 5.38. The predicted molar refractivity (Wildman–Crippen MR) is 70.4 cm³/mol. The summed E-state index contributed by atoms with van der Waals surface area (Å²) >= 11 is 0. The standard InChI is InChI=1S/C14H17F3N2O/c1-9-2-5-11(6-3-9)19-13(20)12-7-4-10(8-18-12)14(15,16)17/h2-3,5-6,10,12,18H,4,7-8H2,1H3,(H,19,20). The van der Waals surface area contributed by atoms with Crippen molar-refractivity contribution in [3.63, 3.8) is 0 Å². The number of hydrogen-bond acceptors (Lipinski definition) is 2. The highest BCUT2D eigenvalue weighted by Gasteiger charge is 2.42. The third-order valence-corrected chi connectivity index (χ3v) is 3.51. The first-order valence-corrected chi connectivity index (χ1v) is 6.54. The Balaban J connectivity index is 1.87. The Labute approximate surface area is 115 Å². The minimum Gasteiger partial charge on any atom is -0.325 e. The van der Waals surface area contributed by atoms with Crippen LogP contribution in [-0.2, 0) is 4.79 Å². The molecule has 2 atom stereocenters. The first kappa shape index (κ1) is 14.8. The number of carbonyl (C=O) groups excluding carboxylic acids is 1. The molecule has 0 aromatic heterocycles. The van der Waals surface area contributed by atoms with Crippen molar-refractivity contribution in [3.8, 4) is 0 Å². The van der Waals surface area contributed by atoms with Gasteiger partial charge in [0.1, 0.15) is 0 Å². The van der Waals surface area contributed by atoms with Crippen molar-refractivity contribution < 1.29 is 18.0 Å². The fraction of sp³-hybridized carbons (Fsp3) is 0.500. The zero-order chi connectivity index (χ0) is 14.8. The van der Waals surface area contributed by atoms with Crippen molar-refractivity contribution in [2.75, 3.05) is 11.9 Å². The van der Waals surface area contributed by atoms with Crippen LogP contribution in [0.2, 0.25) is 0 Å². The number of carbonyl (C=O) groups is 1. The van der Waals surface area contributed by atoms with Crippen molar-refractivity contribution in [2.24, 2.45) is 5.92 Å². The molecular weight excluding hydrogens is 269 g/mol. The summed E-state index contributed by atoms with van der Waals surface area (Å²) in [5.74, 6) is -1.64. The second-order valence-corrected chi connectivity index (χ2v) is 5.13. The number of amides is 1. The Morgan fingerprint density at radius 2 is 1.90 bits per heavy atom. The normalized spacial score (nSPS) is 23.4. The Kier molecular flexibility index (Phi) is 4.32. The van der Waals surface area contributed by atoms with Crippen molar-refractivity contribution in [3.05, 3.63) is 29.8 Å². The van der Waals surface area contributed by atoms with Gasteiger partial charge in [0.25, 0.3) is 0 Å². The highest BCUT2D eigenvalue weighted by molar-refractivity contribution is 5.94. The quantitative estimate of drug-likeness (QED) is 0.877. The predicted octanol–water partition coefficient (Wildman–Crippen LogP) is 2.86. The third kappa shape index (κ3) is 3.72. The fourth-order valence-electron chi connectivity index (χ4n) is 2.23. The largest absolute Gasteiger partial charge is 0.393 e. The number of aryl methyl sites for hydroxylation is 1. The van der Waals surface area contributed by atoms with E-state index in [0.29, 0.717) is 5.69 Å². The van der Waals surface area contributed by atoms with Crippen LogP contribution in [0.15, 0.2) is 24.3 Å². The van der Waals surface area contributed by atoms with Crippen LogP contribution in [0.4, 0.5) is 18.9 Å². The number of piperidine rings is 1. The van der Waals surface area contributed by atoms with Gasteiger partial charge in [-0.05, 0) is 31.9 Å². The van der Waals surface area contributed by atoms with Crippen molar-refractivity contribution in [2.45, 2.75) is 32.0 Å². The highest BCUT2D eigenvalue weighted by Crippen LogP contribution is 2.32. The Bertz CT molecular complexity index is 462. The van der Waals surface area contributed by atoms with E-state index in [4.69, 9.17) is 0 Å². The molecule has 2 N–H and O–H groups in total. The molecule has 0 saturated carbocycles. The van der Waals surface area contributed by atoms with E-state index in [2.05, 4.69) is 10.6 Å². The third-order valence-electron chi connectivity index (χ3n) is 3.51. The van der Waals surface area contributed by atoms with E-state index >= 15 is 0 Å². The molecule has 1 aliphatic heterocycles. The van der Waals surface area contributed by atoms with E-state index in [0.717, 1.165) is 5.56 Å². The van der Waals surface area contributed by atoms with Crippen LogP contribution in [0.1, 0.15) is 18.4 Å². The average molecular weight is 286 g/mol.